The Balaban J connectivity index is 1.84. The second kappa shape index (κ2) is 5.10. The molecule has 3 N–H and O–H groups in total. The van der Waals surface area contributed by atoms with Crippen LogP contribution in [0.4, 0.5) is 0 Å². The third-order valence-electron chi connectivity index (χ3n) is 3.51. The summed E-state index contributed by atoms with van der Waals surface area (Å²) in [7, 11) is 0. The number of piperazine rings is 1. The third kappa shape index (κ3) is 2.27. The van der Waals surface area contributed by atoms with Gasteiger partial charge in [0.05, 0.1) is 6.54 Å². The minimum absolute atomic E-state index is 0.559. The SMILES string of the molecule is NCc1cccc2oc(CN3CCNCC3)cc12. The van der Waals surface area contributed by atoms with Crippen molar-refractivity contribution in [2.45, 2.75) is 13.1 Å². The fourth-order valence-electron chi connectivity index (χ4n) is 2.52. The molecule has 4 nitrogen and oxygen atoms in total. The van der Waals surface area contributed by atoms with Gasteiger partial charge in [0.15, 0.2) is 0 Å². The van der Waals surface area contributed by atoms with Crippen LogP contribution in [0.15, 0.2) is 28.7 Å². The molecular weight excluding hydrogens is 226 g/mol. The highest BCUT2D eigenvalue weighted by Gasteiger charge is 2.13. The van der Waals surface area contributed by atoms with E-state index in [2.05, 4.69) is 22.3 Å². The normalized spacial score (nSPS) is 17.4. The molecule has 2 aromatic rings. The van der Waals surface area contributed by atoms with Crippen LogP contribution in [0, 0.1) is 0 Å². The molecule has 96 valence electrons. The molecule has 0 bridgehead atoms. The first-order valence-corrected chi connectivity index (χ1v) is 6.50. The van der Waals surface area contributed by atoms with Crippen molar-refractivity contribution >= 4 is 11.0 Å². The molecule has 0 saturated carbocycles. The number of nitrogens with two attached hydrogens (primary N) is 1. The third-order valence-corrected chi connectivity index (χ3v) is 3.51. The molecule has 1 aliphatic rings. The molecule has 1 aromatic heterocycles. The highest BCUT2D eigenvalue weighted by atomic mass is 16.3. The summed E-state index contributed by atoms with van der Waals surface area (Å²) in [5, 5.41) is 4.51. The highest BCUT2D eigenvalue weighted by molar-refractivity contribution is 5.81. The molecule has 1 aromatic carbocycles. The summed E-state index contributed by atoms with van der Waals surface area (Å²) in [4.78, 5) is 2.41. The van der Waals surface area contributed by atoms with Gasteiger partial charge in [-0.3, -0.25) is 4.90 Å². The van der Waals surface area contributed by atoms with E-state index >= 15 is 0 Å². The second-order valence-electron chi connectivity index (χ2n) is 4.77. The maximum Gasteiger partial charge on any atom is 0.134 e. The average Bonchev–Trinajstić information content (AvgIpc) is 2.82. The minimum atomic E-state index is 0.559. The largest absolute Gasteiger partial charge is 0.460 e. The number of fused-ring (bicyclic) bond motifs is 1. The predicted molar refractivity (Wildman–Crippen MR) is 72.3 cm³/mol. The molecule has 0 spiro atoms. The minimum Gasteiger partial charge on any atom is -0.460 e. The van der Waals surface area contributed by atoms with Crippen LogP contribution in [0.1, 0.15) is 11.3 Å². The fourth-order valence-corrected chi connectivity index (χ4v) is 2.52. The molecule has 4 heteroatoms. The Morgan fingerprint density at radius 3 is 2.89 bits per heavy atom. The topological polar surface area (TPSA) is 54.4 Å². The lowest BCUT2D eigenvalue weighted by Gasteiger charge is -2.26. The maximum absolute atomic E-state index is 5.90. The summed E-state index contributed by atoms with van der Waals surface area (Å²) >= 11 is 0. The van der Waals surface area contributed by atoms with E-state index in [1.54, 1.807) is 0 Å². The summed E-state index contributed by atoms with van der Waals surface area (Å²) in [6.07, 6.45) is 0. The van der Waals surface area contributed by atoms with E-state index < -0.39 is 0 Å². The van der Waals surface area contributed by atoms with Crippen molar-refractivity contribution in [2.24, 2.45) is 5.73 Å². The van der Waals surface area contributed by atoms with E-state index in [4.69, 9.17) is 10.2 Å². The predicted octanol–water partition coefficient (Wildman–Crippen LogP) is 1.30. The number of furan rings is 1. The lowest BCUT2D eigenvalue weighted by molar-refractivity contribution is 0.218. The summed E-state index contributed by atoms with van der Waals surface area (Å²) < 4.78 is 5.90. The van der Waals surface area contributed by atoms with Crippen molar-refractivity contribution in [1.29, 1.82) is 0 Å². The van der Waals surface area contributed by atoms with Crippen molar-refractivity contribution in [3.63, 3.8) is 0 Å². The van der Waals surface area contributed by atoms with Gasteiger partial charge in [0.1, 0.15) is 11.3 Å². The molecule has 1 aliphatic heterocycles. The zero-order chi connectivity index (χ0) is 12.4. The standard InChI is InChI=1S/C14H19N3O/c15-9-11-2-1-3-14-13(11)8-12(18-14)10-17-6-4-16-5-7-17/h1-3,8,16H,4-7,9-10,15H2. The first-order chi connectivity index (χ1) is 8.86. The molecule has 0 atom stereocenters. The van der Waals surface area contributed by atoms with Crippen LogP contribution in [-0.2, 0) is 13.1 Å². The zero-order valence-electron chi connectivity index (χ0n) is 10.5. The molecule has 2 heterocycles. The van der Waals surface area contributed by atoms with Gasteiger partial charge >= 0.3 is 0 Å². The summed E-state index contributed by atoms with van der Waals surface area (Å²) in [6.45, 7) is 5.74. The van der Waals surface area contributed by atoms with E-state index in [1.165, 1.54) is 0 Å². The van der Waals surface area contributed by atoms with Crippen molar-refractivity contribution in [2.75, 3.05) is 26.2 Å². The van der Waals surface area contributed by atoms with Gasteiger partial charge in [0.2, 0.25) is 0 Å². The number of nitrogens with one attached hydrogen (secondary N) is 1. The van der Waals surface area contributed by atoms with Crippen LogP contribution in [-0.4, -0.2) is 31.1 Å². The first-order valence-electron chi connectivity index (χ1n) is 6.50. The van der Waals surface area contributed by atoms with Gasteiger partial charge in [-0.2, -0.15) is 0 Å². The van der Waals surface area contributed by atoms with Gasteiger partial charge in [-0.1, -0.05) is 12.1 Å². The van der Waals surface area contributed by atoms with Crippen molar-refractivity contribution < 1.29 is 4.42 Å². The summed E-state index contributed by atoms with van der Waals surface area (Å²) in [6, 6.07) is 8.21. The number of hydrogen-bond acceptors (Lipinski definition) is 4. The number of nitrogens with zero attached hydrogens (tertiary/aromatic N) is 1. The Hall–Kier alpha value is -1.36. The van der Waals surface area contributed by atoms with Crippen LogP contribution in [0.2, 0.25) is 0 Å². The highest BCUT2D eigenvalue weighted by Crippen LogP contribution is 2.23. The Morgan fingerprint density at radius 2 is 2.11 bits per heavy atom. The molecule has 0 amide bonds. The van der Waals surface area contributed by atoms with Gasteiger partial charge in [-0.15, -0.1) is 0 Å². The number of hydrogen-bond donors (Lipinski definition) is 2. The van der Waals surface area contributed by atoms with Crippen molar-refractivity contribution in [1.82, 2.24) is 10.2 Å². The van der Waals surface area contributed by atoms with E-state index in [9.17, 15) is 0 Å². The zero-order valence-corrected chi connectivity index (χ0v) is 10.5. The second-order valence-corrected chi connectivity index (χ2v) is 4.77. The van der Waals surface area contributed by atoms with E-state index in [1.807, 2.05) is 12.1 Å². The van der Waals surface area contributed by atoms with Gasteiger partial charge in [-0.25, -0.2) is 0 Å². The lowest BCUT2D eigenvalue weighted by Crippen LogP contribution is -2.42. The molecule has 18 heavy (non-hydrogen) atoms. The average molecular weight is 245 g/mol. The van der Waals surface area contributed by atoms with Crippen LogP contribution >= 0.6 is 0 Å². The molecule has 0 aliphatic carbocycles. The van der Waals surface area contributed by atoms with Crippen LogP contribution in [0.3, 0.4) is 0 Å². The summed E-state index contributed by atoms with van der Waals surface area (Å²) in [5.41, 5.74) is 7.85. The van der Waals surface area contributed by atoms with Crippen LogP contribution in [0.25, 0.3) is 11.0 Å². The van der Waals surface area contributed by atoms with E-state index in [0.29, 0.717) is 6.54 Å². The Kier molecular flexibility index (Phi) is 3.32. The van der Waals surface area contributed by atoms with E-state index in [0.717, 1.165) is 55.0 Å². The summed E-state index contributed by atoms with van der Waals surface area (Å²) in [5.74, 6) is 1.04. The van der Waals surface area contributed by atoms with Crippen LogP contribution in [0.5, 0.6) is 0 Å². The fraction of sp³-hybridized carbons (Fsp3) is 0.429. The van der Waals surface area contributed by atoms with Crippen LogP contribution < -0.4 is 11.1 Å². The van der Waals surface area contributed by atoms with Crippen molar-refractivity contribution in [3.8, 4) is 0 Å². The maximum atomic E-state index is 5.90. The van der Waals surface area contributed by atoms with Gasteiger partial charge in [-0.05, 0) is 17.7 Å². The molecule has 1 fully saturated rings. The van der Waals surface area contributed by atoms with Gasteiger partial charge < -0.3 is 15.5 Å². The van der Waals surface area contributed by atoms with Crippen molar-refractivity contribution in [3.05, 3.63) is 35.6 Å². The quantitative estimate of drug-likeness (QED) is 0.855. The van der Waals surface area contributed by atoms with Gasteiger partial charge in [0, 0.05) is 38.1 Å². The molecule has 0 radical (unpaired) electrons. The van der Waals surface area contributed by atoms with Gasteiger partial charge in [0.25, 0.3) is 0 Å². The Labute approximate surface area is 107 Å². The Bertz CT molecular complexity index is 529. The first kappa shape index (κ1) is 11.7. The number of rotatable bonds is 3. The van der Waals surface area contributed by atoms with E-state index in [-0.39, 0.29) is 0 Å². The Morgan fingerprint density at radius 1 is 1.28 bits per heavy atom. The molecule has 3 rings (SSSR count). The number of benzene rings is 1. The lowest BCUT2D eigenvalue weighted by atomic mass is 10.1. The molecule has 0 unspecified atom stereocenters. The smallest absolute Gasteiger partial charge is 0.134 e. The monoisotopic (exact) mass is 245 g/mol. The molecule has 1 saturated heterocycles. The molecular formula is C14H19N3O.